The van der Waals surface area contributed by atoms with E-state index in [1.165, 1.54) is 12.1 Å². The minimum Gasteiger partial charge on any atom is -0.338 e. The number of rotatable bonds is 6. The van der Waals surface area contributed by atoms with Crippen molar-refractivity contribution < 1.29 is 13.2 Å². The van der Waals surface area contributed by atoms with Crippen LogP contribution in [-0.2, 0) is 30.0 Å². The smallest absolute Gasteiger partial charge is 0.315 e. The summed E-state index contributed by atoms with van der Waals surface area (Å²) in [5, 5.41) is 14.5. The van der Waals surface area contributed by atoms with Gasteiger partial charge in [0.2, 0.25) is 10.0 Å². The normalized spacial score (nSPS) is 11.2. The summed E-state index contributed by atoms with van der Waals surface area (Å²) in [4.78, 5) is 11.7. The van der Waals surface area contributed by atoms with E-state index in [1.54, 1.807) is 23.0 Å². The zero-order valence-electron chi connectivity index (χ0n) is 12.7. The van der Waals surface area contributed by atoms with Crippen LogP contribution in [0.15, 0.2) is 41.6 Å². The van der Waals surface area contributed by atoms with Gasteiger partial charge in [-0.3, -0.25) is 4.68 Å². The Morgan fingerprint density at radius 1 is 1.22 bits per heavy atom. The number of aromatic nitrogens is 2. The first-order chi connectivity index (χ1) is 10.8. The summed E-state index contributed by atoms with van der Waals surface area (Å²) in [6.45, 7) is 0.797. The largest absolute Gasteiger partial charge is 0.338 e. The number of carbonyl (C=O) groups excluding carboxylic acids is 1. The Morgan fingerprint density at radius 3 is 2.48 bits per heavy atom. The lowest BCUT2D eigenvalue weighted by Gasteiger charge is -2.07. The second-order valence-electron chi connectivity index (χ2n) is 5.07. The molecular weight excluding hydrogens is 318 g/mol. The molecule has 0 aliphatic carbocycles. The second-order valence-corrected chi connectivity index (χ2v) is 6.63. The van der Waals surface area contributed by atoms with Crippen LogP contribution in [0.3, 0.4) is 0 Å². The van der Waals surface area contributed by atoms with Crippen molar-refractivity contribution in [1.29, 1.82) is 0 Å². The van der Waals surface area contributed by atoms with E-state index in [2.05, 4.69) is 15.7 Å². The molecular formula is C14H19N5O3S. The predicted molar refractivity (Wildman–Crippen MR) is 85.0 cm³/mol. The fraction of sp³-hybridized carbons (Fsp3) is 0.286. The number of hydrogen-bond donors (Lipinski definition) is 3. The fourth-order valence-corrected chi connectivity index (χ4v) is 2.48. The van der Waals surface area contributed by atoms with Crippen molar-refractivity contribution >= 4 is 16.1 Å². The Hall–Kier alpha value is -2.39. The van der Waals surface area contributed by atoms with Crippen LogP contribution in [0.2, 0.25) is 0 Å². The molecule has 0 aliphatic heterocycles. The lowest BCUT2D eigenvalue weighted by Crippen LogP contribution is -2.36. The molecule has 0 radical (unpaired) electrons. The number of hydrogen-bond acceptors (Lipinski definition) is 4. The van der Waals surface area contributed by atoms with E-state index in [0.29, 0.717) is 19.5 Å². The maximum atomic E-state index is 11.7. The third kappa shape index (κ3) is 5.38. The van der Waals surface area contributed by atoms with Gasteiger partial charge in [0.15, 0.2) is 0 Å². The number of amides is 2. The highest BCUT2D eigenvalue weighted by atomic mass is 32.2. The van der Waals surface area contributed by atoms with Gasteiger partial charge in [-0.2, -0.15) is 5.10 Å². The van der Waals surface area contributed by atoms with Gasteiger partial charge in [0, 0.05) is 26.3 Å². The Morgan fingerprint density at radius 2 is 1.91 bits per heavy atom. The number of nitrogens with zero attached hydrogens (tertiary/aromatic N) is 2. The molecule has 124 valence electrons. The molecule has 1 aromatic heterocycles. The van der Waals surface area contributed by atoms with E-state index in [-0.39, 0.29) is 10.9 Å². The van der Waals surface area contributed by atoms with Crippen LogP contribution in [0.1, 0.15) is 11.1 Å². The van der Waals surface area contributed by atoms with Crippen molar-refractivity contribution in [3.8, 4) is 0 Å². The van der Waals surface area contributed by atoms with Crippen molar-refractivity contribution in [2.75, 3.05) is 6.54 Å². The summed E-state index contributed by atoms with van der Waals surface area (Å²) in [6.07, 6.45) is 4.35. The van der Waals surface area contributed by atoms with E-state index >= 15 is 0 Å². The van der Waals surface area contributed by atoms with Gasteiger partial charge in [-0.1, -0.05) is 12.1 Å². The number of sulfonamides is 1. The molecule has 2 rings (SSSR count). The highest BCUT2D eigenvalue weighted by Crippen LogP contribution is 2.08. The number of benzene rings is 1. The molecule has 9 heteroatoms. The third-order valence-electron chi connectivity index (χ3n) is 3.16. The molecule has 0 atom stereocenters. The highest BCUT2D eigenvalue weighted by molar-refractivity contribution is 7.89. The van der Waals surface area contributed by atoms with Gasteiger partial charge in [-0.05, 0) is 29.7 Å². The summed E-state index contributed by atoms with van der Waals surface area (Å²) in [5.41, 5.74) is 1.83. The quantitative estimate of drug-likeness (QED) is 0.693. The van der Waals surface area contributed by atoms with E-state index in [1.807, 2.05) is 13.2 Å². The van der Waals surface area contributed by atoms with Gasteiger partial charge in [0.25, 0.3) is 0 Å². The first-order valence-electron chi connectivity index (χ1n) is 6.95. The first-order valence-corrected chi connectivity index (χ1v) is 8.50. The molecule has 1 aromatic carbocycles. The molecule has 0 bridgehead atoms. The van der Waals surface area contributed by atoms with E-state index in [4.69, 9.17) is 5.14 Å². The minimum absolute atomic E-state index is 0.0437. The van der Waals surface area contributed by atoms with Crippen molar-refractivity contribution in [2.24, 2.45) is 12.2 Å². The lowest BCUT2D eigenvalue weighted by molar-refractivity contribution is 0.240. The zero-order chi connectivity index (χ0) is 16.9. The molecule has 0 unspecified atom stereocenters. The number of carbonyl (C=O) groups is 1. The lowest BCUT2D eigenvalue weighted by atomic mass is 10.2. The monoisotopic (exact) mass is 337 g/mol. The van der Waals surface area contributed by atoms with Crippen molar-refractivity contribution in [3.05, 3.63) is 47.8 Å². The molecule has 0 fully saturated rings. The number of primary sulfonamides is 1. The second kappa shape index (κ2) is 7.25. The van der Waals surface area contributed by atoms with Crippen LogP contribution in [0.5, 0.6) is 0 Å². The van der Waals surface area contributed by atoms with E-state index < -0.39 is 10.0 Å². The zero-order valence-corrected chi connectivity index (χ0v) is 13.5. The summed E-state index contributed by atoms with van der Waals surface area (Å²) < 4.78 is 24.0. The highest BCUT2D eigenvalue weighted by Gasteiger charge is 2.07. The first kappa shape index (κ1) is 17.0. The molecule has 0 aliphatic rings. The number of nitrogens with one attached hydrogen (secondary N) is 2. The minimum atomic E-state index is -3.69. The van der Waals surface area contributed by atoms with Crippen LogP contribution in [0, 0.1) is 0 Å². The van der Waals surface area contributed by atoms with Crippen molar-refractivity contribution in [1.82, 2.24) is 20.4 Å². The molecule has 4 N–H and O–H groups in total. The van der Waals surface area contributed by atoms with Crippen molar-refractivity contribution in [3.63, 3.8) is 0 Å². The van der Waals surface area contributed by atoms with E-state index in [9.17, 15) is 13.2 Å². The number of nitrogens with two attached hydrogens (primary N) is 1. The maximum absolute atomic E-state index is 11.7. The summed E-state index contributed by atoms with van der Waals surface area (Å²) in [5.74, 6) is 0. The van der Waals surface area contributed by atoms with Crippen LogP contribution in [0.25, 0.3) is 0 Å². The fourth-order valence-electron chi connectivity index (χ4n) is 1.96. The standard InChI is InChI=1S/C14H19N5O3S/c1-19-10-12(9-18-19)6-7-16-14(20)17-8-11-2-4-13(5-3-11)23(15,21)22/h2-5,9-10H,6-8H2,1H3,(H2,15,21,22)(H2,16,17,20). The molecule has 23 heavy (non-hydrogen) atoms. The van der Waals surface area contributed by atoms with Gasteiger partial charge < -0.3 is 10.6 Å². The molecule has 2 amide bonds. The Labute approximate surface area is 134 Å². The van der Waals surface area contributed by atoms with Crippen LogP contribution in [0.4, 0.5) is 4.79 Å². The van der Waals surface area contributed by atoms with E-state index in [0.717, 1.165) is 11.1 Å². The number of aryl methyl sites for hydroxylation is 1. The Bertz CT molecular complexity index is 768. The van der Waals surface area contributed by atoms with Crippen LogP contribution < -0.4 is 15.8 Å². The Kier molecular flexibility index (Phi) is 5.35. The summed E-state index contributed by atoms with van der Waals surface area (Å²) in [7, 11) is -1.86. The third-order valence-corrected chi connectivity index (χ3v) is 4.09. The molecule has 0 spiro atoms. The number of urea groups is 1. The van der Waals surface area contributed by atoms with Gasteiger partial charge in [0.05, 0.1) is 11.1 Å². The van der Waals surface area contributed by atoms with Gasteiger partial charge in [-0.25, -0.2) is 18.4 Å². The van der Waals surface area contributed by atoms with Gasteiger partial charge in [-0.15, -0.1) is 0 Å². The average molecular weight is 337 g/mol. The molecule has 0 saturated carbocycles. The molecule has 0 saturated heterocycles. The topological polar surface area (TPSA) is 119 Å². The summed E-state index contributed by atoms with van der Waals surface area (Å²) >= 11 is 0. The molecule has 2 aromatic rings. The Balaban J connectivity index is 1.73. The SMILES string of the molecule is Cn1cc(CCNC(=O)NCc2ccc(S(N)(=O)=O)cc2)cn1. The summed E-state index contributed by atoms with van der Waals surface area (Å²) in [6, 6.07) is 5.74. The molecule has 8 nitrogen and oxygen atoms in total. The van der Waals surface area contributed by atoms with Gasteiger partial charge in [0.1, 0.15) is 0 Å². The molecule has 1 heterocycles. The maximum Gasteiger partial charge on any atom is 0.315 e. The van der Waals surface area contributed by atoms with Crippen LogP contribution >= 0.6 is 0 Å². The van der Waals surface area contributed by atoms with Crippen LogP contribution in [-0.4, -0.2) is 30.8 Å². The van der Waals surface area contributed by atoms with Gasteiger partial charge >= 0.3 is 6.03 Å². The van der Waals surface area contributed by atoms with Crippen molar-refractivity contribution in [2.45, 2.75) is 17.9 Å². The average Bonchev–Trinajstić information content (AvgIpc) is 2.90. The predicted octanol–water partition coefficient (Wildman–Crippen LogP) is 0.109.